The van der Waals surface area contributed by atoms with Crippen LogP contribution < -0.4 is 5.32 Å². The first kappa shape index (κ1) is 15.3. The van der Waals surface area contributed by atoms with Crippen LogP contribution in [0.1, 0.15) is 38.6 Å². The van der Waals surface area contributed by atoms with Gasteiger partial charge in [-0.05, 0) is 37.0 Å². The van der Waals surface area contributed by atoms with E-state index in [1.165, 1.54) is 0 Å². The lowest BCUT2D eigenvalue weighted by atomic mass is 9.92. The summed E-state index contributed by atoms with van der Waals surface area (Å²) in [7, 11) is 0. The molecule has 1 N–H and O–H groups in total. The van der Waals surface area contributed by atoms with E-state index in [-0.39, 0.29) is 11.3 Å². The van der Waals surface area contributed by atoms with Crippen LogP contribution in [0.25, 0.3) is 11.1 Å². The van der Waals surface area contributed by atoms with Crippen molar-refractivity contribution in [2.75, 3.05) is 5.32 Å². The van der Waals surface area contributed by atoms with Gasteiger partial charge < -0.3 is 9.84 Å². The number of carbonyl (C=O) groups excluding carboxylic acids is 1. The molecule has 2 rings (SSSR count). The third-order valence-electron chi connectivity index (χ3n) is 3.18. The molecule has 4 heteroatoms. The second-order valence-corrected chi connectivity index (χ2v) is 6.56. The molecule has 0 atom stereocenters. The van der Waals surface area contributed by atoms with Gasteiger partial charge in [-0.2, -0.15) is 0 Å². The fourth-order valence-electron chi connectivity index (χ4n) is 2.30. The van der Waals surface area contributed by atoms with Crippen LogP contribution in [0, 0.1) is 19.3 Å². The number of nitrogens with zero attached hydrogens (tertiary/aromatic N) is 1. The number of nitrogens with one attached hydrogen (secondary N) is 1. The van der Waals surface area contributed by atoms with Gasteiger partial charge in [-0.3, -0.25) is 4.79 Å². The van der Waals surface area contributed by atoms with E-state index < -0.39 is 0 Å². The van der Waals surface area contributed by atoms with E-state index in [0.717, 1.165) is 28.3 Å². The minimum atomic E-state index is -0.0132. The van der Waals surface area contributed by atoms with Crippen LogP contribution >= 0.6 is 0 Å². The number of aromatic nitrogens is 1. The van der Waals surface area contributed by atoms with Crippen molar-refractivity contribution in [2.45, 2.75) is 41.0 Å². The summed E-state index contributed by atoms with van der Waals surface area (Å²) in [6.07, 6.45) is 0.499. The van der Waals surface area contributed by atoms with E-state index in [4.69, 9.17) is 4.52 Å². The first-order chi connectivity index (χ1) is 9.76. The summed E-state index contributed by atoms with van der Waals surface area (Å²) >= 11 is 0. The van der Waals surface area contributed by atoms with Gasteiger partial charge in [-0.1, -0.05) is 38.1 Å². The first-order valence-corrected chi connectivity index (χ1v) is 7.09. The van der Waals surface area contributed by atoms with Crippen molar-refractivity contribution >= 4 is 11.6 Å². The Morgan fingerprint density at radius 2 is 1.81 bits per heavy atom. The third-order valence-corrected chi connectivity index (χ3v) is 3.18. The topological polar surface area (TPSA) is 55.1 Å². The Balaban J connectivity index is 2.11. The quantitative estimate of drug-likeness (QED) is 0.913. The van der Waals surface area contributed by atoms with Gasteiger partial charge in [-0.15, -0.1) is 0 Å². The van der Waals surface area contributed by atoms with Gasteiger partial charge in [0, 0.05) is 17.7 Å². The molecule has 1 aromatic carbocycles. The molecule has 4 nitrogen and oxygen atoms in total. The van der Waals surface area contributed by atoms with Crippen molar-refractivity contribution in [2.24, 2.45) is 5.41 Å². The van der Waals surface area contributed by atoms with Gasteiger partial charge in [0.05, 0.1) is 5.69 Å². The first-order valence-electron chi connectivity index (χ1n) is 7.09. The number of rotatable bonds is 3. The highest BCUT2D eigenvalue weighted by Gasteiger charge is 2.16. The van der Waals surface area contributed by atoms with Crippen LogP contribution in [0.2, 0.25) is 0 Å². The fraction of sp³-hybridized carbons (Fsp3) is 0.412. The van der Waals surface area contributed by atoms with E-state index in [0.29, 0.717) is 6.42 Å². The van der Waals surface area contributed by atoms with E-state index in [1.807, 2.05) is 58.9 Å². The second kappa shape index (κ2) is 5.72. The van der Waals surface area contributed by atoms with Gasteiger partial charge in [-0.25, -0.2) is 0 Å². The predicted octanol–water partition coefficient (Wildman–Crippen LogP) is 4.33. The summed E-state index contributed by atoms with van der Waals surface area (Å²) in [6, 6.07) is 7.75. The Kier molecular flexibility index (Phi) is 4.16. The summed E-state index contributed by atoms with van der Waals surface area (Å²) < 4.78 is 5.18. The maximum absolute atomic E-state index is 11.9. The number of hydrogen-bond donors (Lipinski definition) is 1. The Labute approximate surface area is 125 Å². The fourth-order valence-corrected chi connectivity index (χ4v) is 2.30. The standard InChI is InChI=1S/C17H22N2O2/c1-11-16(12(2)21-19-11)13-6-8-14(9-7-13)18-15(20)10-17(3,4)5/h6-9H,10H2,1-5H3,(H,18,20). The minimum Gasteiger partial charge on any atom is -0.361 e. The molecule has 0 aliphatic heterocycles. The summed E-state index contributed by atoms with van der Waals surface area (Å²) in [4.78, 5) is 11.9. The largest absolute Gasteiger partial charge is 0.361 e. The third kappa shape index (κ3) is 3.94. The van der Waals surface area contributed by atoms with Crippen LogP contribution in [-0.4, -0.2) is 11.1 Å². The molecular weight excluding hydrogens is 264 g/mol. The molecule has 0 aliphatic carbocycles. The molecule has 0 saturated heterocycles. The molecule has 112 valence electrons. The normalized spacial score (nSPS) is 11.5. The van der Waals surface area contributed by atoms with Crippen LogP contribution in [0.5, 0.6) is 0 Å². The van der Waals surface area contributed by atoms with Crippen molar-refractivity contribution in [3.05, 3.63) is 35.7 Å². The minimum absolute atomic E-state index is 0.0132. The molecule has 2 aromatic rings. The van der Waals surface area contributed by atoms with E-state index in [9.17, 15) is 4.79 Å². The van der Waals surface area contributed by atoms with Gasteiger partial charge in [0.2, 0.25) is 5.91 Å². The maximum atomic E-state index is 11.9. The van der Waals surface area contributed by atoms with Crippen molar-refractivity contribution in [1.29, 1.82) is 0 Å². The van der Waals surface area contributed by atoms with Crippen molar-refractivity contribution in [3.8, 4) is 11.1 Å². The molecule has 0 aliphatic rings. The average Bonchev–Trinajstić information content (AvgIpc) is 2.68. The monoisotopic (exact) mass is 286 g/mol. The van der Waals surface area contributed by atoms with Gasteiger partial charge in [0.25, 0.3) is 0 Å². The number of aryl methyl sites for hydroxylation is 2. The average molecular weight is 286 g/mol. The van der Waals surface area contributed by atoms with Gasteiger partial charge >= 0.3 is 0 Å². The van der Waals surface area contributed by atoms with E-state index in [1.54, 1.807) is 0 Å². The maximum Gasteiger partial charge on any atom is 0.224 e. The lowest BCUT2D eigenvalue weighted by molar-refractivity contribution is -0.117. The van der Waals surface area contributed by atoms with Crippen LogP contribution in [0.15, 0.2) is 28.8 Å². The Morgan fingerprint density at radius 3 is 2.29 bits per heavy atom. The lowest BCUT2D eigenvalue weighted by Crippen LogP contribution is -2.19. The molecule has 0 fully saturated rings. The van der Waals surface area contributed by atoms with Crippen molar-refractivity contribution in [3.63, 3.8) is 0 Å². The van der Waals surface area contributed by atoms with Crippen LogP contribution in [-0.2, 0) is 4.79 Å². The SMILES string of the molecule is Cc1noc(C)c1-c1ccc(NC(=O)CC(C)(C)C)cc1. The highest BCUT2D eigenvalue weighted by molar-refractivity contribution is 5.91. The molecule has 1 heterocycles. The van der Waals surface area contributed by atoms with Gasteiger partial charge in [0.15, 0.2) is 0 Å². The zero-order valence-electron chi connectivity index (χ0n) is 13.3. The number of hydrogen-bond acceptors (Lipinski definition) is 3. The molecule has 0 unspecified atom stereocenters. The Morgan fingerprint density at radius 1 is 1.19 bits per heavy atom. The van der Waals surface area contributed by atoms with Crippen LogP contribution in [0.3, 0.4) is 0 Å². The summed E-state index contributed by atoms with van der Waals surface area (Å²) in [5, 5.41) is 6.88. The summed E-state index contributed by atoms with van der Waals surface area (Å²) in [5.41, 5.74) is 3.72. The Hall–Kier alpha value is -2.10. The number of amides is 1. The number of carbonyl (C=O) groups is 1. The molecule has 1 amide bonds. The summed E-state index contributed by atoms with van der Waals surface area (Å²) in [5.74, 6) is 0.838. The number of anilines is 1. The zero-order chi connectivity index (χ0) is 15.6. The molecule has 1 aromatic heterocycles. The molecular formula is C17H22N2O2. The molecule has 21 heavy (non-hydrogen) atoms. The highest BCUT2D eigenvalue weighted by atomic mass is 16.5. The van der Waals surface area contributed by atoms with E-state index >= 15 is 0 Å². The molecule has 0 radical (unpaired) electrons. The lowest BCUT2D eigenvalue weighted by Gasteiger charge is -2.17. The second-order valence-electron chi connectivity index (χ2n) is 6.56. The highest BCUT2D eigenvalue weighted by Crippen LogP contribution is 2.28. The van der Waals surface area contributed by atoms with Crippen LogP contribution in [0.4, 0.5) is 5.69 Å². The zero-order valence-corrected chi connectivity index (χ0v) is 13.3. The molecule has 0 bridgehead atoms. The molecule has 0 spiro atoms. The van der Waals surface area contributed by atoms with Crippen molar-refractivity contribution < 1.29 is 9.32 Å². The summed E-state index contributed by atoms with van der Waals surface area (Å²) in [6.45, 7) is 9.96. The Bertz CT molecular complexity index is 614. The smallest absolute Gasteiger partial charge is 0.224 e. The van der Waals surface area contributed by atoms with Crippen molar-refractivity contribution in [1.82, 2.24) is 5.16 Å². The predicted molar refractivity (Wildman–Crippen MR) is 84.1 cm³/mol. The number of benzene rings is 1. The molecule has 0 saturated carbocycles. The van der Waals surface area contributed by atoms with Gasteiger partial charge in [0.1, 0.15) is 5.76 Å². The van der Waals surface area contributed by atoms with E-state index in [2.05, 4.69) is 10.5 Å².